The van der Waals surface area contributed by atoms with E-state index >= 15 is 0 Å². The van der Waals surface area contributed by atoms with Gasteiger partial charge in [-0.1, -0.05) is 5.16 Å². The van der Waals surface area contributed by atoms with Crippen LogP contribution in [-0.2, 0) is 24.3 Å². The summed E-state index contributed by atoms with van der Waals surface area (Å²) < 4.78 is 41.5. The molecule has 3 N–H and O–H groups in total. The van der Waals surface area contributed by atoms with Crippen LogP contribution in [0.25, 0.3) is 0 Å². The van der Waals surface area contributed by atoms with Gasteiger partial charge in [0.15, 0.2) is 16.5 Å². The van der Waals surface area contributed by atoms with Crippen LogP contribution < -0.4 is 10.5 Å². The number of hydrogen-bond donors (Lipinski definition) is 2. The van der Waals surface area contributed by atoms with Gasteiger partial charge in [-0.05, 0) is 26.7 Å². The second kappa shape index (κ2) is 6.63. The zero-order chi connectivity index (χ0) is 16.3. The van der Waals surface area contributed by atoms with Crippen LogP contribution in [0.1, 0.15) is 25.5 Å². The molecule has 2 rings (SSSR count). The second-order valence-electron chi connectivity index (χ2n) is 5.03. The standard InChI is InChI=1S/C12H19N3O6S/c1-7-10(11(13)14-21-7)22(17,18)15-12(16)8(2)20-6-9-4-3-5-19-9/h8-9H,3-6H2,1-2H3,(H2,13,14)(H,15,16)/t8-,9+/m1/s1. The molecule has 1 aromatic heterocycles. The molecule has 1 aliphatic rings. The van der Waals surface area contributed by atoms with E-state index in [1.54, 1.807) is 0 Å². The molecular weight excluding hydrogens is 314 g/mol. The first-order chi connectivity index (χ1) is 10.3. The van der Waals surface area contributed by atoms with Crippen molar-refractivity contribution in [2.24, 2.45) is 0 Å². The highest BCUT2D eigenvalue weighted by Gasteiger charge is 2.29. The Labute approximate surface area is 128 Å². The maximum absolute atomic E-state index is 12.1. The van der Waals surface area contributed by atoms with Crippen molar-refractivity contribution in [3.8, 4) is 0 Å². The number of anilines is 1. The molecular formula is C12H19N3O6S. The Hall–Kier alpha value is -1.65. The number of rotatable bonds is 6. The molecule has 1 fully saturated rings. The molecule has 10 heteroatoms. The SMILES string of the molecule is Cc1onc(N)c1S(=O)(=O)NC(=O)[C@@H](C)OC[C@@H]1CCCO1. The van der Waals surface area contributed by atoms with E-state index in [4.69, 9.17) is 15.2 Å². The van der Waals surface area contributed by atoms with E-state index < -0.39 is 22.0 Å². The average molecular weight is 333 g/mol. The zero-order valence-corrected chi connectivity index (χ0v) is 13.2. The van der Waals surface area contributed by atoms with Gasteiger partial charge in [-0.2, -0.15) is 0 Å². The van der Waals surface area contributed by atoms with Crippen LogP contribution in [-0.4, -0.2) is 44.9 Å². The van der Waals surface area contributed by atoms with E-state index in [9.17, 15) is 13.2 Å². The van der Waals surface area contributed by atoms with E-state index in [0.29, 0.717) is 6.61 Å². The third kappa shape index (κ3) is 3.76. The molecule has 1 aliphatic heterocycles. The predicted octanol–water partition coefficient (Wildman–Crippen LogP) is -0.0458. The smallest absolute Gasteiger partial charge is 0.271 e. The monoisotopic (exact) mass is 333 g/mol. The predicted molar refractivity (Wildman–Crippen MR) is 75.4 cm³/mol. The van der Waals surface area contributed by atoms with Gasteiger partial charge in [0, 0.05) is 6.61 Å². The molecule has 0 bridgehead atoms. The molecule has 2 heterocycles. The molecule has 2 atom stereocenters. The molecule has 0 aliphatic carbocycles. The lowest BCUT2D eigenvalue weighted by molar-refractivity contribution is -0.131. The summed E-state index contributed by atoms with van der Waals surface area (Å²) in [7, 11) is -4.15. The van der Waals surface area contributed by atoms with Crippen LogP contribution >= 0.6 is 0 Å². The number of carbonyl (C=O) groups excluding carboxylic acids is 1. The van der Waals surface area contributed by atoms with Crippen molar-refractivity contribution in [2.75, 3.05) is 18.9 Å². The van der Waals surface area contributed by atoms with Gasteiger partial charge in [-0.3, -0.25) is 4.79 Å². The number of nitrogen functional groups attached to an aromatic ring is 1. The number of sulfonamides is 1. The first-order valence-corrected chi connectivity index (χ1v) is 8.31. The van der Waals surface area contributed by atoms with Crippen molar-refractivity contribution in [1.82, 2.24) is 9.88 Å². The quantitative estimate of drug-likeness (QED) is 0.740. The van der Waals surface area contributed by atoms with E-state index in [-0.39, 0.29) is 29.2 Å². The van der Waals surface area contributed by atoms with Crippen LogP contribution in [0, 0.1) is 6.92 Å². The molecule has 1 amide bonds. The summed E-state index contributed by atoms with van der Waals surface area (Å²) in [6.45, 7) is 3.77. The van der Waals surface area contributed by atoms with Gasteiger partial charge in [-0.25, -0.2) is 13.1 Å². The van der Waals surface area contributed by atoms with Gasteiger partial charge < -0.3 is 19.7 Å². The molecule has 1 aromatic rings. The number of nitrogens with zero attached hydrogens (tertiary/aromatic N) is 1. The summed E-state index contributed by atoms with van der Waals surface area (Å²) in [6, 6.07) is 0. The van der Waals surface area contributed by atoms with Crippen molar-refractivity contribution >= 4 is 21.7 Å². The highest BCUT2D eigenvalue weighted by atomic mass is 32.2. The summed E-state index contributed by atoms with van der Waals surface area (Å²) in [5, 5.41) is 3.35. The van der Waals surface area contributed by atoms with Crippen molar-refractivity contribution in [3.63, 3.8) is 0 Å². The highest BCUT2D eigenvalue weighted by Crippen LogP contribution is 2.21. The van der Waals surface area contributed by atoms with Crippen LogP contribution in [0.5, 0.6) is 0 Å². The van der Waals surface area contributed by atoms with Crippen molar-refractivity contribution in [2.45, 2.75) is 43.8 Å². The number of nitrogens with one attached hydrogen (secondary N) is 1. The van der Waals surface area contributed by atoms with E-state index in [1.165, 1.54) is 13.8 Å². The molecule has 0 unspecified atom stereocenters. The van der Waals surface area contributed by atoms with Crippen LogP contribution in [0.15, 0.2) is 9.42 Å². The number of carbonyl (C=O) groups is 1. The topological polar surface area (TPSA) is 134 Å². The fourth-order valence-corrected chi connectivity index (χ4v) is 3.34. The van der Waals surface area contributed by atoms with Gasteiger partial charge in [0.05, 0.1) is 12.7 Å². The number of hydrogen-bond acceptors (Lipinski definition) is 8. The van der Waals surface area contributed by atoms with Gasteiger partial charge in [0.25, 0.3) is 15.9 Å². The van der Waals surface area contributed by atoms with Gasteiger partial charge in [0.2, 0.25) is 0 Å². The normalized spacial score (nSPS) is 20.0. The lowest BCUT2D eigenvalue weighted by atomic mass is 10.2. The summed E-state index contributed by atoms with van der Waals surface area (Å²) in [5.74, 6) is -1.09. The van der Waals surface area contributed by atoms with Crippen LogP contribution in [0.4, 0.5) is 5.82 Å². The summed E-state index contributed by atoms with van der Waals surface area (Å²) >= 11 is 0. The fraction of sp³-hybridized carbons (Fsp3) is 0.667. The molecule has 22 heavy (non-hydrogen) atoms. The lowest BCUT2D eigenvalue weighted by Gasteiger charge is -2.16. The Balaban J connectivity index is 1.95. The van der Waals surface area contributed by atoms with Gasteiger partial charge >= 0.3 is 0 Å². The average Bonchev–Trinajstić information content (AvgIpc) is 3.05. The van der Waals surface area contributed by atoms with Crippen LogP contribution in [0.2, 0.25) is 0 Å². The Morgan fingerprint density at radius 2 is 2.32 bits per heavy atom. The number of ether oxygens (including phenoxy) is 2. The number of amides is 1. The molecule has 0 aromatic carbocycles. The lowest BCUT2D eigenvalue weighted by Crippen LogP contribution is -2.39. The summed E-state index contributed by atoms with van der Waals surface area (Å²) in [6.07, 6.45) is 0.820. The number of aryl methyl sites for hydroxylation is 1. The van der Waals surface area contributed by atoms with Crippen LogP contribution in [0.3, 0.4) is 0 Å². The molecule has 124 valence electrons. The van der Waals surface area contributed by atoms with E-state index in [1.807, 2.05) is 4.72 Å². The molecule has 0 spiro atoms. The molecule has 9 nitrogen and oxygen atoms in total. The van der Waals surface area contributed by atoms with E-state index in [0.717, 1.165) is 12.8 Å². The van der Waals surface area contributed by atoms with Crippen molar-refractivity contribution in [3.05, 3.63) is 5.76 Å². The summed E-state index contributed by atoms with van der Waals surface area (Å²) in [4.78, 5) is 11.6. The molecule has 1 saturated heterocycles. The molecule has 0 saturated carbocycles. The molecule has 0 radical (unpaired) electrons. The minimum Gasteiger partial charge on any atom is -0.380 e. The largest absolute Gasteiger partial charge is 0.380 e. The minimum atomic E-state index is -4.15. The fourth-order valence-electron chi connectivity index (χ4n) is 2.08. The number of aromatic nitrogens is 1. The van der Waals surface area contributed by atoms with Gasteiger partial charge in [0.1, 0.15) is 6.10 Å². The first-order valence-electron chi connectivity index (χ1n) is 6.83. The number of nitrogens with two attached hydrogens (primary N) is 1. The highest BCUT2D eigenvalue weighted by molar-refractivity contribution is 7.90. The maximum atomic E-state index is 12.1. The van der Waals surface area contributed by atoms with Crippen molar-refractivity contribution < 1.29 is 27.2 Å². The van der Waals surface area contributed by atoms with Crippen molar-refractivity contribution in [1.29, 1.82) is 0 Å². The third-order valence-electron chi connectivity index (χ3n) is 3.26. The Kier molecular flexibility index (Phi) is 5.04. The Morgan fingerprint density at radius 3 is 2.86 bits per heavy atom. The minimum absolute atomic E-state index is 0.00530. The third-order valence-corrected chi connectivity index (χ3v) is 4.77. The first kappa shape index (κ1) is 16.7. The summed E-state index contributed by atoms with van der Waals surface area (Å²) in [5.41, 5.74) is 5.44. The Morgan fingerprint density at radius 1 is 1.59 bits per heavy atom. The van der Waals surface area contributed by atoms with Gasteiger partial charge in [-0.15, -0.1) is 0 Å². The zero-order valence-electron chi connectivity index (χ0n) is 12.4. The van der Waals surface area contributed by atoms with E-state index in [2.05, 4.69) is 9.68 Å². The maximum Gasteiger partial charge on any atom is 0.271 e. The Bertz CT molecular complexity index is 616. The second-order valence-corrected chi connectivity index (χ2v) is 6.65.